The first-order valence-corrected chi connectivity index (χ1v) is 13.7. The molecule has 4 aliphatic rings. The van der Waals surface area contributed by atoms with Gasteiger partial charge in [-0.15, -0.1) is 0 Å². The van der Waals surface area contributed by atoms with Crippen LogP contribution >= 0.6 is 0 Å². The van der Waals surface area contributed by atoms with Gasteiger partial charge in [0.1, 0.15) is 11.9 Å². The Morgan fingerprint density at radius 2 is 1.81 bits per heavy atom. The van der Waals surface area contributed by atoms with Crippen molar-refractivity contribution in [1.82, 2.24) is 14.8 Å². The summed E-state index contributed by atoms with van der Waals surface area (Å²) in [6, 6.07) is 5.95. The topological polar surface area (TPSA) is 83.1 Å². The van der Waals surface area contributed by atoms with E-state index in [4.69, 9.17) is 4.74 Å². The minimum atomic E-state index is -0.516. The number of hydrogen-bond donors (Lipinski definition) is 0. The number of allylic oxidation sites excluding steroid dienone is 2. The molecule has 2 amide bonds. The Balaban J connectivity index is 1.24. The summed E-state index contributed by atoms with van der Waals surface area (Å²) in [6.07, 6.45) is 10.6. The molecule has 36 heavy (non-hydrogen) atoms. The first-order chi connectivity index (χ1) is 17.5. The minimum absolute atomic E-state index is 0.0777. The normalized spacial score (nSPS) is 28.5. The number of carbonyl (C=O) groups excluding carboxylic acids is 3. The van der Waals surface area contributed by atoms with E-state index in [1.807, 2.05) is 24.4 Å². The van der Waals surface area contributed by atoms with Crippen molar-refractivity contribution in [2.24, 2.45) is 23.7 Å². The van der Waals surface area contributed by atoms with Crippen molar-refractivity contribution < 1.29 is 19.1 Å². The standard InChI is InChI=1S/C28H38N4O4/c1-2-3-4-9-24(33)36-22(18-30-13-7-14-31(16-15-30)23-8-5-6-12-29-23)19-32-27(34)25-20-10-11-21(17-20)26(25)28(32)35/h5-6,8,10-12,20-22,25-26H,2-4,7,9,13-19H2,1H3. The van der Waals surface area contributed by atoms with E-state index in [9.17, 15) is 14.4 Å². The van der Waals surface area contributed by atoms with Gasteiger partial charge in [0.05, 0.1) is 18.4 Å². The Morgan fingerprint density at radius 3 is 2.50 bits per heavy atom. The number of carbonyl (C=O) groups is 3. The van der Waals surface area contributed by atoms with Crippen LogP contribution in [0.3, 0.4) is 0 Å². The van der Waals surface area contributed by atoms with E-state index in [0.717, 1.165) is 64.1 Å². The number of amides is 2. The van der Waals surface area contributed by atoms with E-state index >= 15 is 0 Å². The number of esters is 1. The molecule has 2 aliphatic heterocycles. The number of anilines is 1. The van der Waals surface area contributed by atoms with Crippen molar-refractivity contribution in [3.63, 3.8) is 0 Å². The summed E-state index contributed by atoms with van der Waals surface area (Å²) >= 11 is 0. The van der Waals surface area contributed by atoms with E-state index in [1.54, 1.807) is 0 Å². The van der Waals surface area contributed by atoms with Crippen molar-refractivity contribution in [3.05, 3.63) is 36.5 Å². The summed E-state index contributed by atoms with van der Waals surface area (Å²) in [4.78, 5) is 49.7. The quantitative estimate of drug-likeness (QED) is 0.214. The van der Waals surface area contributed by atoms with E-state index in [-0.39, 0.29) is 48.0 Å². The smallest absolute Gasteiger partial charge is 0.306 e. The maximum atomic E-state index is 13.3. The van der Waals surface area contributed by atoms with E-state index in [2.05, 4.69) is 33.9 Å². The molecule has 8 nitrogen and oxygen atoms in total. The third-order valence-electron chi connectivity index (χ3n) is 8.25. The number of rotatable bonds is 10. The van der Waals surface area contributed by atoms with Gasteiger partial charge in [0.2, 0.25) is 11.8 Å². The second-order valence-electron chi connectivity index (χ2n) is 10.7. The van der Waals surface area contributed by atoms with E-state index < -0.39 is 6.10 Å². The molecule has 8 heteroatoms. The van der Waals surface area contributed by atoms with Crippen molar-refractivity contribution in [2.45, 2.75) is 51.6 Å². The molecule has 5 unspecified atom stereocenters. The highest BCUT2D eigenvalue weighted by molar-refractivity contribution is 6.06. The molecular formula is C28H38N4O4. The zero-order valence-electron chi connectivity index (χ0n) is 21.3. The number of aromatic nitrogens is 1. The van der Waals surface area contributed by atoms with Crippen LogP contribution in [0.1, 0.15) is 45.4 Å². The first kappa shape index (κ1) is 24.9. The molecule has 0 radical (unpaired) electrons. The fourth-order valence-electron chi connectivity index (χ4n) is 6.46. The number of pyridine rings is 1. The number of imide groups is 1. The van der Waals surface area contributed by atoms with Gasteiger partial charge in [0.15, 0.2) is 0 Å². The number of likely N-dealkylation sites (tertiary alicyclic amines) is 1. The van der Waals surface area contributed by atoms with E-state index in [0.29, 0.717) is 13.0 Å². The summed E-state index contributed by atoms with van der Waals surface area (Å²) < 4.78 is 5.93. The van der Waals surface area contributed by atoms with Crippen LogP contribution in [0.4, 0.5) is 5.82 Å². The van der Waals surface area contributed by atoms with Crippen LogP contribution in [0.15, 0.2) is 36.5 Å². The van der Waals surface area contributed by atoms with Gasteiger partial charge in [-0.05, 0) is 43.2 Å². The first-order valence-electron chi connectivity index (χ1n) is 13.7. The number of hydrogen-bond acceptors (Lipinski definition) is 7. The molecule has 3 fully saturated rings. The predicted octanol–water partition coefficient (Wildman–Crippen LogP) is 2.89. The number of nitrogens with zero attached hydrogens (tertiary/aromatic N) is 4. The van der Waals surface area contributed by atoms with Crippen LogP contribution in [-0.4, -0.2) is 77.9 Å². The molecule has 194 valence electrons. The molecule has 2 bridgehead atoms. The van der Waals surface area contributed by atoms with Gasteiger partial charge >= 0.3 is 5.97 Å². The van der Waals surface area contributed by atoms with Crippen LogP contribution in [0.5, 0.6) is 0 Å². The lowest BCUT2D eigenvalue weighted by Gasteiger charge is -2.29. The summed E-state index contributed by atoms with van der Waals surface area (Å²) in [5.41, 5.74) is 0. The third-order valence-corrected chi connectivity index (χ3v) is 8.25. The van der Waals surface area contributed by atoms with Crippen LogP contribution in [0, 0.1) is 23.7 Å². The van der Waals surface area contributed by atoms with Crippen molar-refractivity contribution >= 4 is 23.6 Å². The fraction of sp³-hybridized carbons (Fsp3) is 0.643. The Kier molecular flexibility index (Phi) is 7.70. The molecule has 2 aliphatic carbocycles. The minimum Gasteiger partial charge on any atom is -0.459 e. The highest BCUT2D eigenvalue weighted by atomic mass is 16.5. The SMILES string of the molecule is CCCCCC(=O)OC(CN1CCCN(c2ccccn2)CC1)CN1C(=O)C2C3C=CC(C3)C2C1=O. The van der Waals surface area contributed by atoms with Gasteiger partial charge < -0.3 is 9.64 Å². The van der Waals surface area contributed by atoms with Gasteiger partial charge in [-0.25, -0.2) is 4.98 Å². The zero-order valence-corrected chi connectivity index (χ0v) is 21.3. The molecule has 0 aromatic carbocycles. The van der Waals surface area contributed by atoms with Gasteiger partial charge in [-0.2, -0.15) is 0 Å². The largest absolute Gasteiger partial charge is 0.459 e. The summed E-state index contributed by atoms with van der Waals surface area (Å²) in [5, 5.41) is 0. The molecule has 3 heterocycles. The van der Waals surface area contributed by atoms with E-state index in [1.165, 1.54) is 4.90 Å². The monoisotopic (exact) mass is 494 g/mol. The Labute approximate surface area is 213 Å². The molecule has 1 saturated carbocycles. The zero-order chi connectivity index (χ0) is 25.1. The molecule has 1 aromatic heterocycles. The lowest BCUT2D eigenvalue weighted by atomic mass is 9.85. The van der Waals surface area contributed by atoms with Crippen LogP contribution in [0.2, 0.25) is 0 Å². The molecule has 1 aromatic rings. The average Bonchev–Trinajstić information content (AvgIpc) is 3.50. The number of fused-ring (bicyclic) bond motifs is 5. The maximum Gasteiger partial charge on any atom is 0.306 e. The molecule has 0 spiro atoms. The van der Waals surface area contributed by atoms with Gasteiger partial charge in [-0.1, -0.05) is 38.0 Å². The molecule has 5 rings (SSSR count). The molecular weight excluding hydrogens is 456 g/mol. The van der Waals surface area contributed by atoms with Gasteiger partial charge in [0, 0.05) is 45.3 Å². The Morgan fingerprint density at radius 1 is 1.03 bits per heavy atom. The van der Waals surface area contributed by atoms with Gasteiger partial charge in [-0.3, -0.25) is 24.2 Å². The Hall–Kier alpha value is -2.74. The van der Waals surface area contributed by atoms with Crippen LogP contribution in [-0.2, 0) is 19.1 Å². The summed E-state index contributed by atoms with van der Waals surface area (Å²) in [7, 11) is 0. The molecule has 0 N–H and O–H groups in total. The molecule has 5 atom stereocenters. The number of ether oxygens (including phenoxy) is 1. The summed E-state index contributed by atoms with van der Waals surface area (Å²) in [6.45, 7) is 6.20. The van der Waals surface area contributed by atoms with Crippen LogP contribution in [0.25, 0.3) is 0 Å². The average molecular weight is 495 g/mol. The highest BCUT2D eigenvalue weighted by Gasteiger charge is 2.59. The van der Waals surface area contributed by atoms with Crippen molar-refractivity contribution in [3.8, 4) is 0 Å². The lowest BCUT2D eigenvalue weighted by Crippen LogP contribution is -2.46. The predicted molar refractivity (Wildman–Crippen MR) is 136 cm³/mol. The second kappa shape index (κ2) is 11.1. The van der Waals surface area contributed by atoms with Gasteiger partial charge in [0.25, 0.3) is 0 Å². The number of unbranched alkanes of at least 4 members (excludes halogenated alkanes) is 2. The third kappa shape index (κ3) is 5.19. The highest BCUT2D eigenvalue weighted by Crippen LogP contribution is 2.52. The van der Waals surface area contributed by atoms with Crippen LogP contribution < -0.4 is 4.90 Å². The van der Waals surface area contributed by atoms with Crippen molar-refractivity contribution in [2.75, 3.05) is 44.2 Å². The summed E-state index contributed by atoms with van der Waals surface area (Å²) in [5.74, 6) is 0.495. The molecule has 2 saturated heterocycles. The van der Waals surface area contributed by atoms with Crippen molar-refractivity contribution in [1.29, 1.82) is 0 Å². The fourth-order valence-corrected chi connectivity index (χ4v) is 6.46. The Bertz CT molecular complexity index is 953. The maximum absolute atomic E-state index is 13.3. The lowest BCUT2D eigenvalue weighted by molar-refractivity contribution is -0.155. The second-order valence-corrected chi connectivity index (χ2v) is 10.7.